The molecule has 1 fully saturated rings. The summed E-state index contributed by atoms with van der Waals surface area (Å²) < 4.78 is 15.8. The van der Waals surface area contributed by atoms with E-state index in [4.69, 9.17) is 14.2 Å². The molecule has 2 aliphatic rings. The van der Waals surface area contributed by atoms with Gasteiger partial charge in [0.25, 0.3) is 11.1 Å². The van der Waals surface area contributed by atoms with Gasteiger partial charge in [-0.25, -0.2) is 4.79 Å². The van der Waals surface area contributed by atoms with E-state index >= 15 is 0 Å². The zero-order valence-corrected chi connectivity index (χ0v) is 14.6. The highest BCUT2D eigenvalue weighted by molar-refractivity contribution is 8.18. The Balaban J connectivity index is 1.82. The van der Waals surface area contributed by atoms with Gasteiger partial charge in [0.1, 0.15) is 19.3 Å². The van der Waals surface area contributed by atoms with Gasteiger partial charge >= 0.3 is 5.97 Å². The molecule has 0 aromatic heterocycles. The molecule has 2 heterocycles. The van der Waals surface area contributed by atoms with Gasteiger partial charge in [-0.2, -0.15) is 0 Å². The number of imide groups is 1. The first kappa shape index (κ1) is 17.3. The standard InChI is InChI=1S/C17H17NO6S/c1-3-22-16(20)10(2)18-15(19)14(25-17(18)21)9-11-4-5-12-13(8-11)24-7-6-23-12/h4-5,8-10H,3,6-7H2,1-2H3/b14-9+/t10-/m1/s1. The molecular weight excluding hydrogens is 346 g/mol. The van der Waals surface area contributed by atoms with Gasteiger partial charge in [-0.1, -0.05) is 6.07 Å². The van der Waals surface area contributed by atoms with E-state index in [-0.39, 0.29) is 11.5 Å². The number of esters is 1. The monoisotopic (exact) mass is 363 g/mol. The Hall–Kier alpha value is -2.48. The van der Waals surface area contributed by atoms with Crippen LogP contribution in [0.5, 0.6) is 11.5 Å². The largest absolute Gasteiger partial charge is 0.486 e. The Labute approximate surface area is 148 Å². The minimum atomic E-state index is -0.960. The number of nitrogens with zero attached hydrogens (tertiary/aromatic N) is 1. The minimum Gasteiger partial charge on any atom is -0.486 e. The highest BCUT2D eigenvalue weighted by Crippen LogP contribution is 2.36. The Morgan fingerprint density at radius 3 is 2.76 bits per heavy atom. The van der Waals surface area contributed by atoms with E-state index in [9.17, 15) is 14.4 Å². The van der Waals surface area contributed by atoms with Crippen molar-refractivity contribution in [1.29, 1.82) is 0 Å². The average Bonchev–Trinajstić information content (AvgIpc) is 2.88. The molecule has 2 amide bonds. The third-order valence-corrected chi connectivity index (χ3v) is 4.59. The molecular formula is C17H17NO6S. The summed E-state index contributed by atoms with van der Waals surface area (Å²) in [5.74, 6) is 0.127. The Bertz CT molecular complexity index is 760. The summed E-state index contributed by atoms with van der Waals surface area (Å²) in [5.41, 5.74) is 0.707. The van der Waals surface area contributed by atoms with Gasteiger partial charge in [0.2, 0.25) is 0 Å². The SMILES string of the molecule is CCOC(=O)[C@@H](C)N1C(=O)S/C(=C/c2ccc3c(c2)OCCO3)C1=O. The van der Waals surface area contributed by atoms with Crippen LogP contribution in [0.3, 0.4) is 0 Å². The van der Waals surface area contributed by atoms with Gasteiger partial charge in [0.05, 0.1) is 11.5 Å². The normalized spacial score (nSPS) is 19.3. The number of hydrogen-bond donors (Lipinski definition) is 0. The fourth-order valence-corrected chi connectivity index (χ4v) is 3.39. The molecule has 0 spiro atoms. The molecule has 0 N–H and O–H groups in total. The maximum Gasteiger partial charge on any atom is 0.329 e. The summed E-state index contributed by atoms with van der Waals surface area (Å²) in [6, 6.07) is 4.32. The lowest BCUT2D eigenvalue weighted by atomic mass is 10.1. The van der Waals surface area contributed by atoms with Crippen LogP contribution in [-0.2, 0) is 14.3 Å². The fraction of sp³-hybridized carbons (Fsp3) is 0.353. The maximum absolute atomic E-state index is 12.5. The van der Waals surface area contributed by atoms with Crippen molar-refractivity contribution in [1.82, 2.24) is 4.90 Å². The van der Waals surface area contributed by atoms with Crippen molar-refractivity contribution in [3.63, 3.8) is 0 Å². The van der Waals surface area contributed by atoms with E-state index in [1.165, 1.54) is 6.92 Å². The van der Waals surface area contributed by atoms with Crippen LogP contribution in [0, 0.1) is 0 Å². The number of hydrogen-bond acceptors (Lipinski definition) is 7. The number of rotatable bonds is 4. The quantitative estimate of drug-likeness (QED) is 0.600. The molecule has 132 valence electrons. The van der Waals surface area contributed by atoms with Crippen molar-refractivity contribution in [2.45, 2.75) is 19.9 Å². The average molecular weight is 363 g/mol. The van der Waals surface area contributed by atoms with Crippen molar-refractivity contribution in [2.24, 2.45) is 0 Å². The van der Waals surface area contributed by atoms with Crippen LogP contribution in [0.25, 0.3) is 6.08 Å². The number of thioether (sulfide) groups is 1. The van der Waals surface area contributed by atoms with E-state index in [2.05, 4.69) is 0 Å². The van der Waals surface area contributed by atoms with Crippen LogP contribution in [-0.4, -0.2) is 47.9 Å². The number of amides is 2. The molecule has 8 heteroatoms. The van der Waals surface area contributed by atoms with Crippen LogP contribution >= 0.6 is 11.8 Å². The van der Waals surface area contributed by atoms with Crippen LogP contribution in [0.4, 0.5) is 4.79 Å². The molecule has 3 rings (SSSR count). The summed E-state index contributed by atoms with van der Waals surface area (Å²) in [5, 5.41) is -0.491. The summed E-state index contributed by atoms with van der Waals surface area (Å²) >= 11 is 0.797. The van der Waals surface area contributed by atoms with Crippen molar-refractivity contribution >= 4 is 35.0 Å². The lowest BCUT2D eigenvalue weighted by molar-refractivity contribution is -0.150. The number of fused-ring (bicyclic) bond motifs is 1. The highest BCUT2D eigenvalue weighted by atomic mass is 32.2. The minimum absolute atomic E-state index is 0.187. The summed E-state index contributed by atoms with van der Waals surface area (Å²) in [6.07, 6.45) is 1.60. The number of carbonyl (C=O) groups is 3. The summed E-state index contributed by atoms with van der Waals surface area (Å²) in [4.78, 5) is 37.6. The lowest BCUT2D eigenvalue weighted by Crippen LogP contribution is -2.42. The molecule has 2 aliphatic heterocycles. The zero-order valence-electron chi connectivity index (χ0n) is 13.8. The molecule has 7 nitrogen and oxygen atoms in total. The second kappa shape index (κ2) is 7.18. The van der Waals surface area contributed by atoms with Crippen LogP contribution < -0.4 is 9.47 Å². The van der Waals surface area contributed by atoms with Gasteiger partial charge in [0.15, 0.2) is 11.5 Å². The van der Waals surface area contributed by atoms with Crippen molar-refractivity contribution < 1.29 is 28.6 Å². The number of ether oxygens (including phenoxy) is 3. The van der Waals surface area contributed by atoms with Gasteiger partial charge in [-0.3, -0.25) is 14.5 Å². The molecule has 25 heavy (non-hydrogen) atoms. The molecule has 0 aliphatic carbocycles. The third-order valence-electron chi connectivity index (χ3n) is 3.70. The number of benzene rings is 1. The van der Waals surface area contributed by atoms with Gasteiger partial charge < -0.3 is 14.2 Å². The molecule has 0 unspecified atom stereocenters. The van der Waals surface area contributed by atoms with Crippen LogP contribution in [0.1, 0.15) is 19.4 Å². The van der Waals surface area contributed by atoms with E-state index in [0.29, 0.717) is 30.3 Å². The summed E-state index contributed by atoms with van der Waals surface area (Å²) in [6.45, 7) is 4.29. The maximum atomic E-state index is 12.5. The highest BCUT2D eigenvalue weighted by Gasteiger charge is 2.41. The summed E-state index contributed by atoms with van der Waals surface area (Å²) in [7, 11) is 0. The molecule has 0 radical (unpaired) electrons. The number of carbonyl (C=O) groups excluding carboxylic acids is 3. The predicted molar refractivity (Wildman–Crippen MR) is 91.3 cm³/mol. The third kappa shape index (κ3) is 3.48. The molecule has 1 saturated heterocycles. The fourth-order valence-electron chi connectivity index (χ4n) is 2.48. The Kier molecular flexibility index (Phi) is 4.98. The molecule has 0 saturated carbocycles. The van der Waals surface area contributed by atoms with Crippen molar-refractivity contribution in [2.75, 3.05) is 19.8 Å². The van der Waals surface area contributed by atoms with E-state index in [1.807, 2.05) is 0 Å². The second-order valence-corrected chi connectivity index (χ2v) is 6.38. The lowest BCUT2D eigenvalue weighted by Gasteiger charge is -2.19. The molecule has 1 atom stereocenters. The van der Waals surface area contributed by atoms with Crippen LogP contribution in [0.15, 0.2) is 23.1 Å². The molecule has 1 aromatic carbocycles. The second-order valence-electron chi connectivity index (χ2n) is 5.38. The Morgan fingerprint density at radius 2 is 2.04 bits per heavy atom. The Morgan fingerprint density at radius 1 is 1.32 bits per heavy atom. The first-order valence-corrected chi connectivity index (χ1v) is 8.66. The first-order valence-electron chi connectivity index (χ1n) is 7.84. The molecule has 1 aromatic rings. The predicted octanol–water partition coefficient (Wildman–Crippen LogP) is 2.45. The van der Waals surface area contributed by atoms with Gasteiger partial charge in [-0.05, 0) is 49.4 Å². The van der Waals surface area contributed by atoms with Gasteiger partial charge in [0, 0.05) is 0 Å². The van der Waals surface area contributed by atoms with E-state index < -0.39 is 23.2 Å². The van der Waals surface area contributed by atoms with E-state index in [1.54, 1.807) is 31.2 Å². The first-order chi connectivity index (χ1) is 12.0. The topological polar surface area (TPSA) is 82.1 Å². The van der Waals surface area contributed by atoms with Crippen LogP contribution in [0.2, 0.25) is 0 Å². The van der Waals surface area contributed by atoms with E-state index in [0.717, 1.165) is 16.7 Å². The van der Waals surface area contributed by atoms with Crippen molar-refractivity contribution in [3.8, 4) is 11.5 Å². The zero-order chi connectivity index (χ0) is 18.0. The van der Waals surface area contributed by atoms with Gasteiger partial charge in [-0.15, -0.1) is 0 Å². The van der Waals surface area contributed by atoms with Crippen molar-refractivity contribution in [3.05, 3.63) is 28.7 Å². The molecule has 0 bridgehead atoms. The smallest absolute Gasteiger partial charge is 0.329 e.